The van der Waals surface area contributed by atoms with Gasteiger partial charge in [0.25, 0.3) is 5.82 Å². The Hall–Kier alpha value is -2.13. The molecule has 0 saturated carbocycles. The predicted octanol–water partition coefficient (Wildman–Crippen LogP) is 1.26. The van der Waals surface area contributed by atoms with Gasteiger partial charge in [0.15, 0.2) is 0 Å². The molecule has 0 amide bonds. The minimum atomic E-state index is -0.455. The number of hydrogen-bond donors (Lipinski definition) is 0. The summed E-state index contributed by atoms with van der Waals surface area (Å²) in [5.41, 5.74) is 1.07. The first-order valence-corrected chi connectivity index (χ1v) is 5.54. The van der Waals surface area contributed by atoms with Gasteiger partial charge < -0.3 is 19.2 Å². The molecule has 2 rings (SSSR count). The molecule has 6 nitrogen and oxygen atoms in total. The lowest BCUT2D eigenvalue weighted by atomic mass is 10.2. The van der Waals surface area contributed by atoms with Crippen LogP contribution in [-0.2, 0) is 9.47 Å². The maximum Gasteiger partial charge on any atom is 0.338 e. The molecule has 94 valence electrons. The minimum absolute atomic E-state index is 0.187. The van der Waals surface area contributed by atoms with Crippen LogP contribution < -0.4 is 4.90 Å². The summed E-state index contributed by atoms with van der Waals surface area (Å²) in [5, 5.41) is 0. The minimum Gasteiger partial charge on any atom is -0.465 e. The lowest BCUT2D eigenvalue weighted by molar-refractivity contribution is 0.0600. The third-order valence-corrected chi connectivity index (χ3v) is 2.74. The highest BCUT2D eigenvalue weighted by Crippen LogP contribution is 2.25. The average molecular weight is 247 g/mol. The summed E-state index contributed by atoms with van der Waals surface area (Å²) < 4.78 is 10.0. The molecule has 6 heteroatoms. The van der Waals surface area contributed by atoms with E-state index < -0.39 is 5.97 Å². The third kappa shape index (κ3) is 2.41. The van der Waals surface area contributed by atoms with Crippen LogP contribution in [-0.4, -0.2) is 44.4 Å². The van der Waals surface area contributed by atoms with Crippen molar-refractivity contribution in [3.05, 3.63) is 29.2 Å². The Morgan fingerprint density at radius 3 is 2.89 bits per heavy atom. The predicted molar refractivity (Wildman–Crippen MR) is 64.9 cm³/mol. The fourth-order valence-corrected chi connectivity index (χ4v) is 1.83. The van der Waals surface area contributed by atoms with Crippen LogP contribution in [0.4, 0.5) is 11.5 Å². The monoisotopic (exact) mass is 247 g/mol. The third-order valence-electron chi connectivity index (χ3n) is 2.74. The standard InChI is InChI=1S/C12H13N3O3/c1-13-11-7-9(12(16)17-2)10(8-14-11)15-3-5-18-6-4-15/h7-8H,3-6H2,2H3. The van der Waals surface area contributed by atoms with E-state index >= 15 is 0 Å². The van der Waals surface area contributed by atoms with Crippen LogP contribution in [0.3, 0.4) is 0 Å². The van der Waals surface area contributed by atoms with Crippen LogP contribution in [0.1, 0.15) is 10.4 Å². The molecular formula is C12H13N3O3. The quantitative estimate of drug-likeness (QED) is 0.581. The van der Waals surface area contributed by atoms with Crippen molar-refractivity contribution in [2.24, 2.45) is 0 Å². The molecule has 18 heavy (non-hydrogen) atoms. The number of nitrogens with zero attached hydrogens (tertiary/aromatic N) is 3. The summed E-state index contributed by atoms with van der Waals surface area (Å²) in [6, 6.07) is 1.46. The van der Waals surface area contributed by atoms with Crippen LogP contribution in [0, 0.1) is 6.57 Å². The molecule has 1 aliphatic heterocycles. The molecule has 1 aromatic rings. The molecule has 0 atom stereocenters. The lowest BCUT2D eigenvalue weighted by Gasteiger charge is -2.29. The highest BCUT2D eigenvalue weighted by atomic mass is 16.5. The van der Waals surface area contributed by atoms with Gasteiger partial charge in [0.1, 0.15) is 6.20 Å². The Morgan fingerprint density at radius 1 is 1.56 bits per heavy atom. The van der Waals surface area contributed by atoms with Crippen molar-refractivity contribution >= 4 is 17.5 Å². The molecule has 0 spiro atoms. The largest absolute Gasteiger partial charge is 0.465 e. The number of anilines is 1. The fraction of sp³-hybridized carbons (Fsp3) is 0.417. The van der Waals surface area contributed by atoms with Gasteiger partial charge in [-0.2, -0.15) is 0 Å². The van der Waals surface area contributed by atoms with E-state index in [1.54, 1.807) is 6.20 Å². The fourth-order valence-electron chi connectivity index (χ4n) is 1.83. The van der Waals surface area contributed by atoms with Crippen LogP contribution >= 0.6 is 0 Å². The molecule has 0 bridgehead atoms. The maximum absolute atomic E-state index is 11.7. The van der Waals surface area contributed by atoms with Gasteiger partial charge >= 0.3 is 5.97 Å². The summed E-state index contributed by atoms with van der Waals surface area (Å²) in [6.07, 6.45) is 1.55. The number of carbonyl (C=O) groups excluding carboxylic acids is 1. The molecule has 1 saturated heterocycles. The summed E-state index contributed by atoms with van der Waals surface area (Å²) >= 11 is 0. The Balaban J connectivity index is 2.39. The number of rotatable bonds is 2. The van der Waals surface area contributed by atoms with Gasteiger partial charge in [-0.3, -0.25) is 0 Å². The zero-order chi connectivity index (χ0) is 13.0. The molecular weight excluding hydrogens is 234 g/mol. The number of carbonyl (C=O) groups is 1. The van der Waals surface area contributed by atoms with Gasteiger partial charge in [-0.05, 0) is 6.07 Å². The van der Waals surface area contributed by atoms with Gasteiger partial charge in [0.05, 0.1) is 31.6 Å². The second kappa shape index (κ2) is 5.47. The van der Waals surface area contributed by atoms with Crippen molar-refractivity contribution in [1.82, 2.24) is 4.98 Å². The van der Waals surface area contributed by atoms with E-state index in [4.69, 9.17) is 16.0 Å². The van der Waals surface area contributed by atoms with Gasteiger partial charge in [0.2, 0.25) is 0 Å². The normalized spacial score (nSPS) is 15.0. The summed E-state index contributed by atoms with van der Waals surface area (Å²) in [7, 11) is 1.32. The number of pyridine rings is 1. The van der Waals surface area contributed by atoms with E-state index in [1.807, 2.05) is 4.90 Å². The van der Waals surface area contributed by atoms with E-state index in [0.29, 0.717) is 37.6 Å². The first kappa shape index (κ1) is 12.3. The first-order valence-electron chi connectivity index (χ1n) is 5.54. The number of esters is 1. The molecule has 0 aliphatic carbocycles. The molecule has 1 fully saturated rings. The van der Waals surface area contributed by atoms with E-state index in [1.165, 1.54) is 13.2 Å². The Kier molecular flexibility index (Phi) is 3.75. The van der Waals surface area contributed by atoms with Gasteiger partial charge in [0, 0.05) is 13.1 Å². The van der Waals surface area contributed by atoms with Crippen molar-refractivity contribution in [1.29, 1.82) is 0 Å². The molecule has 0 N–H and O–H groups in total. The SMILES string of the molecule is [C-]#[N+]c1cc(C(=O)OC)c(N2CCOCC2)cn1. The molecule has 0 unspecified atom stereocenters. The highest BCUT2D eigenvalue weighted by molar-refractivity contribution is 5.96. The molecule has 1 aliphatic rings. The zero-order valence-corrected chi connectivity index (χ0v) is 10.0. The average Bonchev–Trinajstić information content (AvgIpc) is 2.46. The van der Waals surface area contributed by atoms with E-state index in [0.717, 1.165) is 0 Å². The van der Waals surface area contributed by atoms with Crippen molar-refractivity contribution in [2.75, 3.05) is 38.3 Å². The number of ether oxygens (including phenoxy) is 2. The lowest BCUT2D eigenvalue weighted by Crippen LogP contribution is -2.37. The molecule has 1 aromatic heterocycles. The highest BCUT2D eigenvalue weighted by Gasteiger charge is 2.21. The number of morpholine rings is 1. The van der Waals surface area contributed by atoms with Crippen molar-refractivity contribution in [3.8, 4) is 0 Å². The van der Waals surface area contributed by atoms with Crippen molar-refractivity contribution in [2.45, 2.75) is 0 Å². The van der Waals surface area contributed by atoms with E-state index in [9.17, 15) is 4.79 Å². The van der Waals surface area contributed by atoms with Gasteiger partial charge in [-0.1, -0.05) is 6.57 Å². The second-order valence-electron chi connectivity index (χ2n) is 3.76. The van der Waals surface area contributed by atoms with Gasteiger partial charge in [-0.25, -0.2) is 4.79 Å². The first-order chi connectivity index (χ1) is 8.76. The summed E-state index contributed by atoms with van der Waals surface area (Å²) in [5.74, 6) is -0.267. The molecule has 0 radical (unpaired) electrons. The van der Waals surface area contributed by atoms with Gasteiger partial charge in [-0.15, -0.1) is 4.98 Å². The molecule has 0 aromatic carbocycles. The van der Waals surface area contributed by atoms with Crippen LogP contribution in [0.5, 0.6) is 0 Å². The topological polar surface area (TPSA) is 56.0 Å². The molecule has 2 heterocycles. The number of aromatic nitrogens is 1. The van der Waals surface area contributed by atoms with Crippen LogP contribution in [0.15, 0.2) is 12.3 Å². The van der Waals surface area contributed by atoms with Crippen molar-refractivity contribution < 1.29 is 14.3 Å². The number of methoxy groups -OCH3 is 1. The smallest absolute Gasteiger partial charge is 0.338 e. The summed E-state index contributed by atoms with van der Waals surface area (Å²) in [4.78, 5) is 21.0. The maximum atomic E-state index is 11.7. The zero-order valence-electron chi connectivity index (χ0n) is 10.0. The Morgan fingerprint density at radius 2 is 2.28 bits per heavy atom. The Bertz CT molecular complexity index is 490. The van der Waals surface area contributed by atoms with Crippen LogP contribution in [0.25, 0.3) is 4.85 Å². The van der Waals surface area contributed by atoms with E-state index in [-0.39, 0.29) is 5.82 Å². The van der Waals surface area contributed by atoms with Crippen molar-refractivity contribution in [3.63, 3.8) is 0 Å². The second-order valence-corrected chi connectivity index (χ2v) is 3.76. The summed E-state index contributed by atoms with van der Waals surface area (Å²) in [6.45, 7) is 9.56. The van der Waals surface area contributed by atoms with E-state index in [2.05, 4.69) is 9.83 Å². The Labute approximate surface area is 105 Å². The van der Waals surface area contributed by atoms with Crippen LogP contribution in [0.2, 0.25) is 0 Å². The number of hydrogen-bond acceptors (Lipinski definition) is 5.